The van der Waals surface area contributed by atoms with E-state index in [2.05, 4.69) is 0 Å². The number of phenolic OH excluding ortho intramolecular Hbond substituents is 1. The van der Waals surface area contributed by atoms with Gasteiger partial charge in [0.25, 0.3) is 5.91 Å². The SMILES string of the molecule is Cc1cc(-c2cc(N(C)C)c3c(c2O)C(O)=C2C(=O)[C@]4(O)C(O)=C(C(N)=O)C(=O)C[C@@H]4C[C@@H]2C3)ccc1F. The fourth-order valence-corrected chi connectivity index (χ4v) is 6.10. The van der Waals surface area contributed by atoms with E-state index < -0.39 is 57.8 Å². The third-order valence-corrected chi connectivity index (χ3v) is 7.99. The molecular formula is C28H27FN2O7. The first-order valence-electron chi connectivity index (χ1n) is 12.1. The topological polar surface area (TPSA) is 161 Å². The summed E-state index contributed by atoms with van der Waals surface area (Å²) in [6, 6.07) is 6.03. The van der Waals surface area contributed by atoms with Crippen LogP contribution in [0.1, 0.15) is 29.5 Å². The van der Waals surface area contributed by atoms with Crippen LogP contribution in [0.5, 0.6) is 5.75 Å². The van der Waals surface area contributed by atoms with E-state index in [4.69, 9.17) is 5.73 Å². The van der Waals surface area contributed by atoms with Crippen molar-refractivity contribution in [2.75, 3.05) is 19.0 Å². The van der Waals surface area contributed by atoms with Crippen molar-refractivity contribution in [3.05, 3.63) is 63.7 Å². The number of benzene rings is 2. The number of phenols is 1. The second-order valence-electron chi connectivity index (χ2n) is 10.4. The Morgan fingerprint density at radius 1 is 1.13 bits per heavy atom. The number of primary amides is 1. The van der Waals surface area contributed by atoms with Gasteiger partial charge in [-0.15, -0.1) is 0 Å². The van der Waals surface area contributed by atoms with Crippen molar-refractivity contribution in [3.8, 4) is 16.9 Å². The minimum Gasteiger partial charge on any atom is -0.508 e. The van der Waals surface area contributed by atoms with Crippen LogP contribution in [0.25, 0.3) is 16.9 Å². The van der Waals surface area contributed by atoms with Gasteiger partial charge in [0.15, 0.2) is 11.4 Å². The van der Waals surface area contributed by atoms with Crippen molar-refractivity contribution < 1.29 is 39.2 Å². The number of aliphatic hydroxyl groups is 3. The zero-order chi connectivity index (χ0) is 27.8. The quantitative estimate of drug-likeness (QED) is 0.384. The van der Waals surface area contributed by atoms with Crippen LogP contribution in [0.4, 0.5) is 10.1 Å². The molecule has 198 valence electrons. The highest BCUT2D eigenvalue weighted by Crippen LogP contribution is 2.54. The number of nitrogens with zero attached hydrogens (tertiary/aromatic N) is 1. The van der Waals surface area contributed by atoms with Crippen LogP contribution in [0.3, 0.4) is 0 Å². The first-order valence-corrected chi connectivity index (χ1v) is 12.1. The number of aromatic hydroxyl groups is 1. The summed E-state index contributed by atoms with van der Waals surface area (Å²) in [6.07, 6.45) is -0.135. The van der Waals surface area contributed by atoms with Gasteiger partial charge in [-0.05, 0) is 60.6 Å². The Bertz CT molecular complexity index is 1520. The third-order valence-electron chi connectivity index (χ3n) is 7.99. The van der Waals surface area contributed by atoms with Gasteiger partial charge in [0.2, 0.25) is 5.78 Å². The molecule has 9 nitrogen and oxygen atoms in total. The fourth-order valence-electron chi connectivity index (χ4n) is 6.10. The minimum atomic E-state index is -2.62. The molecule has 0 aliphatic heterocycles. The summed E-state index contributed by atoms with van der Waals surface area (Å²) in [7, 11) is 3.56. The molecule has 10 heteroatoms. The summed E-state index contributed by atoms with van der Waals surface area (Å²) in [6.45, 7) is 1.58. The first-order chi connectivity index (χ1) is 17.8. The third kappa shape index (κ3) is 3.36. The molecule has 3 aliphatic rings. The predicted molar refractivity (Wildman–Crippen MR) is 136 cm³/mol. The van der Waals surface area contributed by atoms with Crippen LogP contribution in [0.15, 0.2) is 41.2 Å². The molecule has 2 aromatic rings. The van der Waals surface area contributed by atoms with E-state index in [0.717, 1.165) is 0 Å². The Morgan fingerprint density at radius 3 is 2.42 bits per heavy atom. The van der Waals surface area contributed by atoms with Crippen molar-refractivity contribution in [2.24, 2.45) is 17.6 Å². The molecule has 5 rings (SSSR count). The lowest BCUT2D eigenvalue weighted by Gasteiger charge is -2.46. The molecular weight excluding hydrogens is 495 g/mol. The maximum Gasteiger partial charge on any atom is 0.255 e. The number of nitrogens with two attached hydrogens (primary N) is 1. The number of hydrogen-bond donors (Lipinski definition) is 5. The van der Waals surface area contributed by atoms with Gasteiger partial charge in [-0.1, -0.05) is 6.07 Å². The number of carbonyl (C=O) groups excluding carboxylic acids is 3. The van der Waals surface area contributed by atoms with Crippen LogP contribution in [0.2, 0.25) is 0 Å². The highest BCUT2D eigenvalue weighted by Gasteiger charge is 2.60. The number of Topliss-reactive ketones (excluding diaryl/α,β-unsaturated/α-hetero) is 2. The molecule has 3 aliphatic carbocycles. The summed E-state index contributed by atoms with van der Waals surface area (Å²) in [5.41, 5.74) is 3.87. The molecule has 0 aromatic heterocycles. The summed E-state index contributed by atoms with van der Waals surface area (Å²) in [4.78, 5) is 39.8. The standard InChI is InChI=1S/C28H27FN2O7/c1-11-6-12(4-5-17(11)29)15-10-18(31(2)3)16-8-13-7-14-9-19(32)22(27(30)37)26(36)28(14,38)25(35)20(13)24(34)21(16)23(15)33/h4-6,10,13-14,33-34,36,38H,7-9H2,1-3H3,(H2,30,37)/t13-,14+,28+/m1/s1. The lowest BCUT2D eigenvalue weighted by molar-refractivity contribution is -0.147. The van der Waals surface area contributed by atoms with Crippen LogP contribution in [0, 0.1) is 24.6 Å². The molecule has 0 heterocycles. The van der Waals surface area contributed by atoms with Crippen molar-refractivity contribution in [1.82, 2.24) is 0 Å². The van der Waals surface area contributed by atoms with Gasteiger partial charge in [0.1, 0.15) is 28.7 Å². The number of aliphatic hydroxyl groups excluding tert-OH is 2. The van der Waals surface area contributed by atoms with E-state index in [-0.39, 0.29) is 36.1 Å². The monoisotopic (exact) mass is 522 g/mol. The maximum absolute atomic E-state index is 13.9. The smallest absolute Gasteiger partial charge is 0.255 e. The van der Waals surface area contributed by atoms with Crippen molar-refractivity contribution >= 4 is 28.9 Å². The van der Waals surface area contributed by atoms with Gasteiger partial charge in [-0.2, -0.15) is 0 Å². The molecule has 2 aromatic carbocycles. The molecule has 0 bridgehead atoms. The molecule has 0 saturated heterocycles. The number of anilines is 1. The Hall–Kier alpha value is -4.18. The fraction of sp³-hybridized carbons (Fsp3) is 0.321. The predicted octanol–water partition coefficient (Wildman–Crippen LogP) is 2.60. The first kappa shape index (κ1) is 25.5. The minimum absolute atomic E-state index is 0.0136. The average molecular weight is 523 g/mol. The van der Waals surface area contributed by atoms with Crippen LogP contribution in [-0.4, -0.2) is 57.6 Å². The van der Waals surface area contributed by atoms with E-state index in [9.17, 15) is 39.2 Å². The number of amides is 1. The molecule has 0 unspecified atom stereocenters. The molecule has 1 amide bonds. The number of fused-ring (bicyclic) bond motifs is 3. The van der Waals surface area contributed by atoms with E-state index in [0.29, 0.717) is 27.9 Å². The Labute approximate surface area is 217 Å². The number of carbonyl (C=O) groups is 3. The number of rotatable bonds is 3. The normalized spacial score (nSPS) is 24.7. The zero-order valence-corrected chi connectivity index (χ0v) is 21.0. The molecule has 1 saturated carbocycles. The maximum atomic E-state index is 13.9. The van der Waals surface area contributed by atoms with Crippen LogP contribution < -0.4 is 10.6 Å². The Balaban J connectivity index is 1.75. The number of aryl methyl sites for hydroxylation is 1. The van der Waals surface area contributed by atoms with Gasteiger partial charge in [0, 0.05) is 43.3 Å². The largest absolute Gasteiger partial charge is 0.508 e. The summed E-state index contributed by atoms with van der Waals surface area (Å²) >= 11 is 0. The number of hydrogen-bond acceptors (Lipinski definition) is 8. The van der Waals surface area contributed by atoms with E-state index in [1.54, 1.807) is 38.1 Å². The van der Waals surface area contributed by atoms with Crippen LogP contribution in [-0.2, 0) is 20.8 Å². The second kappa shape index (κ2) is 8.42. The Morgan fingerprint density at radius 2 is 1.82 bits per heavy atom. The average Bonchev–Trinajstić information content (AvgIpc) is 2.83. The van der Waals surface area contributed by atoms with Crippen molar-refractivity contribution in [3.63, 3.8) is 0 Å². The van der Waals surface area contributed by atoms with E-state index in [1.165, 1.54) is 12.1 Å². The molecule has 0 radical (unpaired) electrons. The van der Waals surface area contributed by atoms with Gasteiger partial charge in [-0.3, -0.25) is 14.4 Å². The van der Waals surface area contributed by atoms with E-state index in [1.807, 2.05) is 0 Å². The van der Waals surface area contributed by atoms with Crippen molar-refractivity contribution in [1.29, 1.82) is 0 Å². The number of halogens is 1. The Kier molecular flexibility index (Phi) is 5.64. The molecule has 1 fully saturated rings. The van der Waals surface area contributed by atoms with Gasteiger partial charge in [0.05, 0.1) is 5.56 Å². The molecule has 3 atom stereocenters. The lowest BCUT2D eigenvalue weighted by Crippen LogP contribution is -2.58. The molecule has 0 spiro atoms. The zero-order valence-electron chi connectivity index (χ0n) is 21.0. The number of ketones is 2. The van der Waals surface area contributed by atoms with Gasteiger partial charge >= 0.3 is 0 Å². The van der Waals surface area contributed by atoms with Crippen LogP contribution >= 0.6 is 0 Å². The lowest BCUT2D eigenvalue weighted by atomic mass is 9.59. The highest BCUT2D eigenvalue weighted by atomic mass is 19.1. The van der Waals surface area contributed by atoms with Gasteiger partial charge < -0.3 is 31.1 Å². The summed E-state index contributed by atoms with van der Waals surface area (Å²) in [5.74, 6) is -7.20. The highest BCUT2D eigenvalue weighted by molar-refractivity contribution is 6.22. The molecule has 6 N–H and O–H groups in total. The van der Waals surface area contributed by atoms with E-state index >= 15 is 0 Å². The van der Waals surface area contributed by atoms with Gasteiger partial charge in [-0.25, -0.2) is 4.39 Å². The molecule has 38 heavy (non-hydrogen) atoms. The summed E-state index contributed by atoms with van der Waals surface area (Å²) < 4.78 is 13.9. The second-order valence-corrected chi connectivity index (χ2v) is 10.4. The summed E-state index contributed by atoms with van der Waals surface area (Å²) in [5, 5.41) is 44.9. The van der Waals surface area contributed by atoms with Crippen molar-refractivity contribution in [2.45, 2.75) is 31.8 Å².